The largest absolute Gasteiger partial charge is 0.485 e. The van der Waals surface area contributed by atoms with E-state index in [1.54, 1.807) is 6.07 Å². The molecule has 4 heteroatoms. The van der Waals surface area contributed by atoms with E-state index in [0.29, 0.717) is 11.7 Å². The second kappa shape index (κ2) is 3.99. The van der Waals surface area contributed by atoms with Crippen molar-refractivity contribution in [3.63, 3.8) is 0 Å². The van der Waals surface area contributed by atoms with E-state index in [1.807, 2.05) is 6.07 Å². The van der Waals surface area contributed by atoms with E-state index >= 15 is 0 Å². The number of hydrogen-bond donors (Lipinski definition) is 1. The fourth-order valence-corrected chi connectivity index (χ4v) is 2.33. The van der Waals surface area contributed by atoms with Crippen LogP contribution in [0.1, 0.15) is 5.56 Å². The predicted octanol–water partition coefficient (Wildman–Crippen LogP) is 1.77. The number of nitrogens with one attached hydrogen (secondary N) is 1. The molecule has 0 aromatic heterocycles. The maximum atomic E-state index is 13.4. The van der Waals surface area contributed by atoms with E-state index in [-0.39, 0.29) is 24.3 Å². The summed E-state index contributed by atoms with van der Waals surface area (Å²) in [6, 6.07) is 5.16. The van der Waals surface area contributed by atoms with E-state index in [1.165, 1.54) is 6.07 Å². The molecule has 2 aliphatic heterocycles. The van der Waals surface area contributed by atoms with Crippen LogP contribution < -0.4 is 10.1 Å². The first-order chi connectivity index (χ1) is 6.84. The van der Waals surface area contributed by atoms with Gasteiger partial charge in [-0.25, -0.2) is 4.39 Å². The Hall–Kier alpha value is -0.800. The number of ether oxygens (including phenoxy) is 1. The minimum atomic E-state index is -0.229. The maximum Gasteiger partial charge on any atom is 0.165 e. The zero-order valence-electron chi connectivity index (χ0n) is 8.20. The van der Waals surface area contributed by atoms with Gasteiger partial charge in [-0.2, -0.15) is 0 Å². The first-order valence-electron chi connectivity index (χ1n) is 4.99. The highest BCUT2D eigenvalue weighted by atomic mass is 35.5. The van der Waals surface area contributed by atoms with Crippen molar-refractivity contribution in [3.05, 3.63) is 29.6 Å². The van der Waals surface area contributed by atoms with Crippen LogP contribution in [0.2, 0.25) is 0 Å². The van der Waals surface area contributed by atoms with Crippen LogP contribution in [-0.2, 0) is 6.42 Å². The molecule has 0 radical (unpaired) electrons. The highest BCUT2D eigenvalue weighted by Crippen LogP contribution is 2.34. The van der Waals surface area contributed by atoms with Crippen LogP contribution in [-0.4, -0.2) is 19.2 Å². The van der Waals surface area contributed by atoms with Crippen molar-refractivity contribution < 1.29 is 9.13 Å². The van der Waals surface area contributed by atoms with Gasteiger partial charge in [0.05, 0.1) is 0 Å². The molecule has 1 saturated heterocycles. The van der Waals surface area contributed by atoms with Gasteiger partial charge in [0.25, 0.3) is 0 Å². The predicted molar refractivity (Wildman–Crippen MR) is 58.1 cm³/mol. The number of rotatable bonds is 0. The van der Waals surface area contributed by atoms with E-state index in [0.717, 1.165) is 25.1 Å². The molecule has 1 aromatic rings. The SMILES string of the molecule is Cl.Fc1cccc2c1O[C@@H]1CNC[C@H]1C2. The summed E-state index contributed by atoms with van der Waals surface area (Å²) in [5.74, 6) is 0.759. The van der Waals surface area contributed by atoms with Crippen molar-refractivity contribution in [1.29, 1.82) is 0 Å². The first kappa shape index (κ1) is 10.7. The van der Waals surface area contributed by atoms with Crippen LogP contribution in [0.25, 0.3) is 0 Å². The molecule has 2 heterocycles. The molecule has 0 saturated carbocycles. The number of hydrogen-bond acceptors (Lipinski definition) is 2. The van der Waals surface area contributed by atoms with Crippen molar-refractivity contribution in [2.45, 2.75) is 12.5 Å². The van der Waals surface area contributed by atoms with E-state index in [9.17, 15) is 4.39 Å². The van der Waals surface area contributed by atoms with Crippen molar-refractivity contribution >= 4 is 12.4 Å². The molecule has 82 valence electrons. The molecule has 0 amide bonds. The van der Waals surface area contributed by atoms with Gasteiger partial charge in [0, 0.05) is 19.0 Å². The van der Waals surface area contributed by atoms with Crippen LogP contribution in [0, 0.1) is 11.7 Å². The summed E-state index contributed by atoms with van der Waals surface area (Å²) in [6.45, 7) is 1.83. The Morgan fingerprint density at radius 3 is 3.07 bits per heavy atom. The summed E-state index contributed by atoms with van der Waals surface area (Å²) >= 11 is 0. The zero-order chi connectivity index (χ0) is 9.54. The number of halogens is 2. The van der Waals surface area contributed by atoms with E-state index in [4.69, 9.17) is 4.74 Å². The van der Waals surface area contributed by atoms with Gasteiger partial charge in [-0.3, -0.25) is 0 Å². The summed E-state index contributed by atoms with van der Waals surface area (Å²) in [5, 5.41) is 3.27. The van der Waals surface area contributed by atoms with Crippen LogP contribution in [0.15, 0.2) is 18.2 Å². The van der Waals surface area contributed by atoms with Crippen molar-refractivity contribution in [2.75, 3.05) is 13.1 Å². The van der Waals surface area contributed by atoms with Gasteiger partial charge in [-0.15, -0.1) is 12.4 Å². The first-order valence-corrected chi connectivity index (χ1v) is 4.99. The zero-order valence-corrected chi connectivity index (χ0v) is 9.02. The Kier molecular flexibility index (Phi) is 2.85. The van der Waals surface area contributed by atoms with Crippen molar-refractivity contribution in [3.8, 4) is 5.75 Å². The highest BCUT2D eigenvalue weighted by molar-refractivity contribution is 5.85. The molecular formula is C11H13ClFNO. The fraction of sp³-hybridized carbons (Fsp3) is 0.455. The second-order valence-corrected chi connectivity index (χ2v) is 4.01. The third kappa shape index (κ3) is 1.70. The summed E-state index contributed by atoms with van der Waals surface area (Å²) in [6.07, 6.45) is 1.10. The second-order valence-electron chi connectivity index (χ2n) is 4.01. The lowest BCUT2D eigenvalue weighted by Crippen LogP contribution is -2.32. The third-order valence-corrected chi connectivity index (χ3v) is 3.08. The average Bonchev–Trinajstić information content (AvgIpc) is 2.62. The number of fused-ring (bicyclic) bond motifs is 2. The lowest BCUT2D eigenvalue weighted by molar-refractivity contribution is 0.145. The van der Waals surface area contributed by atoms with Gasteiger partial charge in [-0.05, 0) is 18.1 Å². The molecule has 2 atom stereocenters. The maximum absolute atomic E-state index is 13.4. The van der Waals surface area contributed by atoms with Gasteiger partial charge >= 0.3 is 0 Å². The van der Waals surface area contributed by atoms with Crippen molar-refractivity contribution in [1.82, 2.24) is 5.32 Å². The van der Waals surface area contributed by atoms with Crippen LogP contribution >= 0.6 is 12.4 Å². The van der Waals surface area contributed by atoms with Crippen LogP contribution in [0.4, 0.5) is 4.39 Å². The van der Waals surface area contributed by atoms with Gasteiger partial charge in [0.2, 0.25) is 0 Å². The monoisotopic (exact) mass is 229 g/mol. The number of benzene rings is 1. The molecule has 2 nitrogen and oxygen atoms in total. The molecule has 0 bridgehead atoms. The minimum absolute atomic E-state index is 0. The molecule has 1 fully saturated rings. The summed E-state index contributed by atoms with van der Waals surface area (Å²) in [7, 11) is 0. The van der Waals surface area contributed by atoms with Crippen LogP contribution in [0.5, 0.6) is 5.75 Å². The third-order valence-electron chi connectivity index (χ3n) is 3.08. The topological polar surface area (TPSA) is 21.3 Å². The van der Waals surface area contributed by atoms with Gasteiger partial charge in [-0.1, -0.05) is 12.1 Å². The molecule has 3 rings (SSSR count). The van der Waals surface area contributed by atoms with Crippen LogP contribution in [0.3, 0.4) is 0 Å². The molecule has 1 N–H and O–H groups in total. The lowest BCUT2D eigenvalue weighted by atomic mass is 9.93. The fourth-order valence-electron chi connectivity index (χ4n) is 2.33. The Balaban J connectivity index is 0.000000853. The summed E-state index contributed by atoms with van der Waals surface area (Å²) in [5.41, 5.74) is 1.01. The highest BCUT2D eigenvalue weighted by Gasteiger charge is 2.34. The van der Waals surface area contributed by atoms with Gasteiger partial charge in [0.15, 0.2) is 11.6 Å². The lowest BCUT2D eigenvalue weighted by Gasteiger charge is -2.28. The molecule has 0 spiro atoms. The smallest absolute Gasteiger partial charge is 0.165 e. The normalized spacial score (nSPS) is 27.3. The quantitative estimate of drug-likeness (QED) is 0.732. The number of para-hydroxylation sites is 1. The molecule has 1 aromatic carbocycles. The van der Waals surface area contributed by atoms with Gasteiger partial charge in [0.1, 0.15) is 6.10 Å². The molecule has 15 heavy (non-hydrogen) atoms. The standard InChI is InChI=1S/C11H12FNO.ClH/c12-9-3-1-2-7-4-8-5-13-6-10(8)14-11(7)9;/h1-3,8,10,13H,4-6H2;1H/t8-,10-;/m1./s1. The molecular weight excluding hydrogens is 217 g/mol. The average molecular weight is 230 g/mol. The Labute approximate surface area is 94.2 Å². The summed E-state index contributed by atoms with van der Waals surface area (Å²) < 4.78 is 19.0. The van der Waals surface area contributed by atoms with Gasteiger partial charge < -0.3 is 10.1 Å². The molecule has 2 aliphatic rings. The Morgan fingerprint density at radius 1 is 1.33 bits per heavy atom. The van der Waals surface area contributed by atoms with E-state index < -0.39 is 0 Å². The molecule has 0 unspecified atom stereocenters. The summed E-state index contributed by atoms with van der Waals surface area (Å²) in [4.78, 5) is 0. The minimum Gasteiger partial charge on any atom is -0.485 e. The van der Waals surface area contributed by atoms with Crippen molar-refractivity contribution in [2.24, 2.45) is 5.92 Å². The molecule has 0 aliphatic carbocycles. The van der Waals surface area contributed by atoms with E-state index in [2.05, 4.69) is 5.32 Å². The Morgan fingerprint density at radius 2 is 2.20 bits per heavy atom. The Bertz CT molecular complexity index is 372.